The number of imidazole rings is 1. The number of hydrogen-bond acceptors (Lipinski definition) is 9. The number of anilines is 1. The van der Waals surface area contributed by atoms with Crippen LogP contribution < -0.4 is 10.6 Å². The standard InChI is InChI=1S/C20H21N7O4/c1-4-5-10-6-11(8-23-7-10)16-25-17(21-2)12-18(26-16)27(9-24-12)20-14(29)13(28)15(31-20)19(30)22-3/h6-9,13-15,20,28-29H,1-3H3,(H,22,30)(H,21,25,26)/t13-,14+,15-,20+/m0/s1/i2D3,3D3. The van der Waals surface area contributed by atoms with E-state index in [2.05, 4.69) is 37.1 Å². The predicted molar refractivity (Wildman–Crippen MR) is 111 cm³/mol. The van der Waals surface area contributed by atoms with Crippen LogP contribution in [0.25, 0.3) is 22.6 Å². The quantitative estimate of drug-likeness (QED) is 0.409. The van der Waals surface area contributed by atoms with Gasteiger partial charge in [0.2, 0.25) is 0 Å². The first-order valence-electron chi connectivity index (χ1n) is 12.0. The van der Waals surface area contributed by atoms with Crippen molar-refractivity contribution in [1.29, 1.82) is 0 Å². The Morgan fingerprint density at radius 3 is 2.94 bits per heavy atom. The molecule has 0 bridgehead atoms. The van der Waals surface area contributed by atoms with E-state index < -0.39 is 44.4 Å². The summed E-state index contributed by atoms with van der Waals surface area (Å²) in [7, 11) is 0. The van der Waals surface area contributed by atoms with E-state index in [1.165, 1.54) is 17.0 Å². The third kappa shape index (κ3) is 3.57. The Morgan fingerprint density at radius 1 is 1.29 bits per heavy atom. The minimum absolute atomic E-state index is 0.00183. The van der Waals surface area contributed by atoms with Crippen molar-refractivity contribution in [2.75, 3.05) is 19.3 Å². The third-order valence-corrected chi connectivity index (χ3v) is 4.70. The molecule has 0 aliphatic carbocycles. The molecule has 4 N–H and O–H groups in total. The van der Waals surface area contributed by atoms with Gasteiger partial charge in [-0.3, -0.25) is 14.3 Å². The number of aromatic nitrogens is 5. The van der Waals surface area contributed by atoms with Crippen molar-refractivity contribution in [2.24, 2.45) is 0 Å². The number of aliphatic hydroxyl groups excluding tert-OH is 2. The maximum absolute atomic E-state index is 12.3. The van der Waals surface area contributed by atoms with Gasteiger partial charge in [-0.2, -0.15) is 0 Å². The van der Waals surface area contributed by atoms with E-state index in [4.69, 9.17) is 13.0 Å². The Kier molecular flexibility index (Phi) is 3.85. The average Bonchev–Trinajstić information content (AvgIpc) is 3.33. The molecule has 0 radical (unpaired) electrons. The summed E-state index contributed by atoms with van der Waals surface area (Å²) in [6, 6.07) is 1.64. The molecule has 31 heavy (non-hydrogen) atoms. The monoisotopic (exact) mass is 429 g/mol. The fourth-order valence-electron chi connectivity index (χ4n) is 3.27. The van der Waals surface area contributed by atoms with Crippen LogP contribution >= 0.6 is 0 Å². The van der Waals surface area contributed by atoms with Gasteiger partial charge in [0.25, 0.3) is 5.91 Å². The molecular weight excluding hydrogens is 402 g/mol. The van der Waals surface area contributed by atoms with Crippen molar-refractivity contribution in [3.8, 4) is 23.2 Å². The molecule has 4 heterocycles. The van der Waals surface area contributed by atoms with Crippen LogP contribution in [0.3, 0.4) is 0 Å². The summed E-state index contributed by atoms with van der Waals surface area (Å²) >= 11 is 0. The number of carbonyl (C=O) groups is 1. The predicted octanol–water partition coefficient (Wildman–Crippen LogP) is -0.333. The van der Waals surface area contributed by atoms with Gasteiger partial charge in [0.1, 0.15) is 12.2 Å². The Hall–Kier alpha value is -3.59. The van der Waals surface area contributed by atoms with E-state index in [0.29, 0.717) is 11.1 Å². The summed E-state index contributed by atoms with van der Waals surface area (Å²) in [5, 5.41) is 25.0. The van der Waals surface area contributed by atoms with Crippen molar-refractivity contribution in [2.45, 2.75) is 31.5 Å². The van der Waals surface area contributed by atoms with Crippen molar-refractivity contribution in [3.05, 3.63) is 30.4 Å². The number of hydrogen-bond donors (Lipinski definition) is 4. The molecule has 1 fully saturated rings. The van der Waals surface area contributed by atoms with E-state index in [-0.39, 0.29) is 22.8 Å². The van der Waals surface area contributed by atoms with E-state index in [9.17, 15) is 15.0 Å². The summed E-state index contributed by atoms with van der Waals surface area (Å²) < 4.78 is 51.0. The zero-order valence-electron chi connectivity index (χ0n) is 22.1. The Morgan fingerprint density at radius 2 is 2.16 bits per heavy atom. The van der Waals surface area contributed by atoms with E-state index in [1.54, 1.807) is 18.3 Å². The van der Waals surface area contributed by atoms with Crippen LogP contribution in [0.1, 0.15) is 26.9 Å². The first-order valence-corrected chi connectivity index (χ1v) is 9.02. The number of rotatable bonds is 4. The SMILES string of the molecule is [2H]C([2H])([2H])NC(=O)[C@H]1O[C@@H](n2cnc3c(NC([2H])([2H])[2H])nc(-c4cncc(C#CC)c4)nc32)[C@H](O)[C@@H]1O. The van der Waals surface area contributed by atoms with Crippen LogP contribution in [0, 0.1) is 11.8 Å². The van der Waals surface area contributed by atoms with Crippen LogP contribution in [-0.2, 0) is 9.53 Å². The van der Waals surface area contributed by atoms with Gasteiger partial charge in [-0.1, -0.05) is 5.92 Å². The normalized spacial score (nSPS) is 26.4. The second-order valence-corrected chi connectivity index (χ2v) is 6.60. The highest BCUT2D eigenvalue weighted by molar-refractivity contribution is 5.85. The lowest BCUT2D eigenvalue weighted by atomic mass is 10.1. The summed E-state index contributed by atoms with van der Waals surface area (Å²) in [6.07, 6.45) is -2.47. The van der Waals surface area contributed by atoms with Gasteiger partial charge in [-0.25, -0.2) is 15.0 Å². The van der Waals surface area contributed by atoms with Gasteiger partial charge in [-0.05, 0) is 13.0 Å². The van der Waals surface area contributed by atoms with Crippen LogP contribution in [0.5, 0.6) is 0 Å². The number of nitrogens with zero attached hydrogens (tertiary/aromatic N) is 5. The number of amides is 1. The maximum atomic E-state index is 12.3. The van der Waals surface area contributed by atoms with Crippen LogP contribution in [0.15, 0.2) is 24.8 Å². The van der Waals surface area contributed by atoms with Crippen LogP contribution in [-0.4, -0.2) is 72.9 Å². The van der Waals surface area contributed by atoms with E-state index in [1.807, 2.05) is 0 Å². The number of ether oxygens (including phenoxy) is 1. The molecule has 0 saturated carbocycles. The van der Waals surface area contributed by atoms with Crippen LogP contribution in [0.2, 0.25) is 0 Å². The highest BCUT2D eigenvalue weighted by Gasteiger charge is 2.47. The number of carbonyl (C=O) groups excluding carboxylic acids is 1. The molecule has 0 aromatic carbocycles. The molecule has 1 saturated heterocycles. The fraction of sp³-hybridized carbons (Fsp3) is 0.350. The number of aliphatic hydroxyl groups is 2. The molecule has 1 aliphatic rings. The number of fused-ring (bicyclic) bond motifs is 1. The Bertz CT molecular complexity index is 1400. The first kappa shape index (κ1) is 14.4. The number of nitrogens with one attached hydrogen (secondary N) is 2. The van der Waals surface area contributed by atoms with Gasteiger partial charge in [0.05, 0.1) is 6.33 Å². The van der Waals surface area contributed by atoms with Crippen LogP contribution in [0.4, 0.5) is 5.82 Å². The molecule has 4 rings (SSSR count). The Labute approximate surface area is 186 Å². The lowest BCUT2D eigenvalue weighted by Gasteiger charge is -2.17. The molecule has 0 unspecified atom stereocenters. The molecule has 4 atom stereocenters. The summed E-state index contributed by atoms with van der Waals surface area (Å²) in [4.78, 5) is 29.3. The smallest absolute Gasteiger partial charge is 0.251 e. The highest BCUT2D eigenvalue weighted by Crippen LogP contribution is 2.33. The van der Waals surface area contributed by atoms with E-state index in [0.717, 1.165) is 6.33 Å². The minimum atomic E-state index is -2.84. The van der Waals surface area contributed by atoms with Gasteiger partial charge < -0.3 is 25.6 Å². The third-order valence-electron chi connectivity index (χ3n) is 4.70. The molecule has 0 spiro atoms. The Balaban J connectivity index is 1.80. The number of pyridine rings is 1. The molecule has 160 valence electrons. The molecule has 1 aliphatic heterocycles. The average molecular weight is 429 g/mol. The van der Waals surface area contributed by atoms with Gasteiger partial charge >= 0.3 is 0 Å². The zero-order valence-corrected chi connectivity index (χ0v) is 16.1. The molecule has 3 aromatic heterocycles. The van der Waals surface area contributed by atoms with Gasteiger partial charge in [0, 0.05) is 45.7 Å². The summed E-state index contributed by atoms with van der Waals surface area (Å²) in [6.45, 7) is -3.83. The molecule has 11 heteroatoms. The van der Waals surface area contributed by atoms with Gasteiger partial charge in [0.15, 0.2) is 35.1 Å². The van der Waals surface area contributed by atoms with Crippen molar-refractivity contribution in [1.82, 2.24) is 29.8 Å². The lowest BCUT2D eigenvalue weighted by Crippen LogP contribution is -2.41. The molecule has 11 nitrogen and oxygen atoms in total. The topological polar surface area (TPSA) is 147 Å². The fourth-order valence-corrected chi connectivity index (χ4v) is 3.27. The minimum Gasteiger partial charge on any atom is -0.387 e. The maximum Gasteiger partial charge on any atom is 0.251 e. The molecule has 3 aromatic rings. The lowest BCUT2D eigenvalue weighted by molar-refractivity contribution is -0.137. The first-order chi connectivity index (χ1) is 17.3. The second-order valence-electron chi connectivity index (χ2n) is 6.60. The number of likely N-dealkylation sites (N-methyl/N-ethyl adjacent to an activating group) is 1. The van der Waals surface area contributed by atoms with Crippen molar-refractivity contribution < 1.29 is 28.0 Å². The van der Waals surface area contributed by atoms with E-state index >= 15 is 0 Å². The zero-order chi connectivity index (χ0) is 27.1. The van der Waals surface area contributed by atoms with Crippen molar-refractivity contribution in [3.63, 3.8) is 0 Å². The highest BCUT2D eigenvalue weighted by atomic mass is 16.6. The summed E-state index contributed by atoms with van der Waals surface area (Å²) in [5.41, 5.74) is 0.949. The van der Waals surface area contributed by atoms with Crippen molar-refractivity contribution >= 4 is 22.9 Å². The van der Waals surface area contributed by atoms with Gasteiger partial charge in [-0.15, -0.1) is 5.92 Å². The molecule has 1 amide bonds. The second kappa shape index (κ2) is 8.27. The molecular formula is C20H21N7O4. The summed E-state index contributed by atoms with van der Waals surface area (Å²) in [5.74, 6) is 4.33. The largest absolute Gasteiger partial charge is 0.387 e.